The van der Waals surface area contributed by atoms with E-state index in [9.17, 15) is 9.59 Å². The second-order valence-electron chi connectivity index (χ2n) is 11.1. The maximum absolute atomic E-state index is 12.7. The summed E-state index contributed by atoms with van der Waals surface area (Å²) < 4.78 is 5.82. The molecule has 0 fully saturated rings. The van der Waals surface area contributed by atoms with E-state index in [-0.39, 0.29) is 11.7 Å². The van der Waals surface area contributed by atoms with E-state index in [1.54, 1.807) is 37.3 Å². The summed E-state index contributed by atoms with van der Waals surface area (Å²) in [5.41, 5.74) is 7.09. The molecule has 0 heterocycles. The van der Waals surface area contributed by atoms with E-state index in [1.807, 2.05) is 6.07 Å². The van der Waals surface area contributed by atoms with E-state index in [1.165, 1.54) is 22.3 Å². The first-order valence-electron chi connectivity index (χ1n) is 14.1. The molecule has 1 aromatic rings. The van der Waals surface area contributed by atoms with Crippen molar-refractivity contribution in [2.24, 2.45) is 5.92 Å². The van der Waals surface area contributed by atoms with Crippen LogP contribution in [0.1, 0.15) is 109 Å². The topological polar surface area (TPSA) is 67.2 Å². The predicted octanol–water partition coefficient (Wildman–Crippen LogP) is 9.15. The van der Waals surface area contributed by atoms with Gasteiger partial charge in [-0.25, -0.2) is 4.79 Å². The van der Waals surface area contributed by atoms with Crippen molar-refractivity contribution >= 4 is 11.8 Å². The monoisotopic (exact) mass is 527 g/mol. The third-order valence-corrected chi connectivity index (χ3v) is 7.18. The van der Waals surface area contributed by atoms with Crippen LogP contribution in [-0.2, 0) is 9.53 Å². The summed E-state index contributed by atoms with van der Waals surface area (Å²) in [6.07, 6.45) is 18.0. The lowest BCUT2D eigenvalue weighted by molar-refractivity contribution is -0.118. The Balaban J connectivity index is 1.87. The first kappa shape index (κ1) is 31.8. The maximum Gasteiger partial charge on any atom is 0.338 e. The molecule has 208 valence electrons. The number of ether oxygens (including phenoxy) is 1. The number of nitrogens with zero attached hydrogens (tertiary/aromatic N) is 1. The van der Waals surface area contributed by atoms with Gasteiger partial charge in [0, 0.05) is 12.3 Å². The standard InChI is InChI=1S/C35H45NO3/c1-25(2)10-7-11-26(3)12-8-13-27(4)14-9-15-28(5)16-19-32-23-33(37)29(6)22-34(32)39-35(38)31-20-17-30(24-36)18-21-31/h10,12,14,16-18,20-22,32,34H,7-9,11,13,15,19,23H2,1-6H3/b26-12+,27-14+,28-16+/t32-,34+/m0/s1. The number of carbonyl (C=O) groups is 2. The zero-order valence-electron chi connectivity index (χ0n) is 24.7. The van der Waals surface area contributed by atoms with Gasteiger partial charge >= 0.3 is 5.97 Å². The number of nitriles is 1. The summed E-state index contributed by atoms with van der Waals surface area (Å²) in [4.78, 5) is 25.1. The van der Waals surface area contributed by atoms with E-state index in [4.69, 9.17) is 10.00 Å². The summed E-state index contributed by atoms with van der Waals surface area (Å²) in [7, 11) is 0. The highest BCUT2D eigenvalue weighted by molar-refractivity contribution is 5.96. The molecule has 0 unspecified atom stereocenters. The maximum atomic E-state index is 12.7. The van der Waals surface area contributed by atoms with Crippen molar-refractivity contribution in [1.82, 2.24) is 0 Å². The minimum atomic E-state index is -0.449. The van der Waals surface area contributed by atoms with Crippen molar-refractivity contribution < 1.29 is 14.3 Å². The van der Waals surface area contributed by atoms with Crippen LogP contribution in [0.3, 0.4) is 0 Å². The fourth-order valence-electron chi connectivity index (χ4n) is 4.55. The van der Waals surface area contributed by atoms with Gasteiger partial charge in [-0.1, -0.05) is 46.6 Å². The number of ketones is 1. The molecular weight excluding hydrogens is 482 g/mol. The van der Waals surface area contributed by atoms with Crippen LogP contribution in [0.4, 0.5) is 0 Å². The molecule has 1 aromatic carbocycles. The number of allylic oxidation sites excluding steroid dienone is 9. The number of esters is 1. The van der Waals surface area contributed by atoms with Crippen LogP contribution in [-0.4, -0.2) is 17.9 Å². The number of rotatable bonds is 13. The Morgan fingerprint density at radius 3 is 1.97 bits per heavy atom. The zero-order valence-corrected chi connectivity index (χ0v) is 24.7. The van der Waals surface area contributed by atoms with Gasteiger partial charge in [0.25, 0.3) is 0 Å². The van der Waals surface area contributed by atoms with Crippen molar-refractivity contribution in [2.75, 3.05) is 0 Å². The van der Waals surface area contributed by atoms with E-state index >= 15 is 0 Å². The van der Waals surface area contributed by atoms with Gasteiger partial charge in [-0.15, -0.1) is 0 Å². The van der Waals surface area contributed by atoms with Gasteiger partial charge in [-0.3, -0.25) is 4.79 Å². The predicted molar refractivity (Wildman–Crippen MR) is 160 cm³/mol. The molecule has 0 radical (unpaired) electrons. The Labute approximate surface area is 235 Å². The van der Waals surface area contributed by atoms with Crippen LogP contribution in [0.5, 0.6) is 0 Å². The molecule has 0 aromatic heterocycles. The largest absolute Gasteiger partial charge is 0.454 e. The minimum Gasteiger partial charge on any atom is -0.454 e. The van der Waals surface area contributed by atoms with Crippen LogP contribution in [0.25, 0.3) is 0 Å². The minimum absolute atomic E-state index is 0.0810. The van der Waals surface area contributed by atoms with Crippen LogP contribution < -0.4 is 0 Å². The highest BCUT2D eigenvalue weighted by atomic mass is 16.5. The molecule has 2 rings (SSSR count). The average Bonchev–Trinajstić information content (AvgIpc) is 2.89. The first-order valence-corrected chi connectivity index (χ1v) is 14.1. The molecule has 1 aliphatic rings. The van der Waals surface area contributed by atoms with E-state index in [0.29, 0.717) is 29.5 Å². The number of hydrogen-bond acceptors (Lipinski definition) is 4. The molecule has 0 aliphatic heterocycles. The lowest BCUT2D eigenvalue weighted by atomic mass is 9.84. The summed E-state index contributed by atoms with van der Waals surface area (Å²) in [5, 5.41) is 8.97. The lowest BCUT2D eigenvalue weighted by Gasteiger charge is -2.28. The van der Waals surface area contributed by atoms with Crippen molar-refractivity contribution in [3.05, 3.63) is 93.6 Å². The fourth-order valence-corrected chi connectivity index (χ4v) is 4.55. The van der Waals surface area contributed by atoms with Crippen LogP contribution in [0.2, 0.25) is 0 Å². The molecule has 4 heteroatoms. The molecule has 0 N–H and O–H groups in total. The fraction of sp³-hybridized carbons (Fsp3) is 0.457. The highest BCUT2D eigenvalue weighted by Gasteiger charge is 2.30. The summed E-state index contributed by atoms with van der Waals surface area (Å²) in [5.74, 6) is -0.411. The van der Waals surface area contributed by atoms with Gasteiger partial charge in [0.1, 0.15) is 6.10 Å². The summed E-state index contributed by atoms with van der Waals surface area (Å²) in [6.45, 7) is 12.6. The number of Topliss-reactive ketones (excluding diaryl/α,β-unsaturated/α-hetero) is 1. The average molecular weight is 528 g/mol. The molecule has 1 aliphatic carbocycles. The SMILES string of the molecule is CC(C)=CCC/C(C)=C/CC/C(C)=C/CC/C(C)=C/C[C@H]1CC(=O)C(C)=C[C@H]1OC(=O)c1ccc(C#N)cc1. The number of benzene rings is 1. The smallest absolute Gasteiger partial charge is 0.338 e. The van der Waals surface area contributed by atoms with Crippen molar-refractivity contribution in [3.8, 4) is 6.07 Å². The highest BCUT2D eigenvalue weighted by Crippen LogP contribution is 2.28. The van der Waals surface area contributed by atoms with E-state index in [2.05, 4.69) is 58.9 Å². The molecule has 2 atom stereocenters. The second kappa shape index (κ2) is 16.5. The van der Waals surface area contributed by atoms with E-state index < -0.39 is 12.1 Å². The Hall–Kier alpha value is -3.45. The third-order valence-electron chi connectivity index (χ3n) is 7.18. The first-order chi connectivity index (χ1) is 18.6. The van der Waals surface area contributed by atoms with Gasteiger partial charge < -0.3 is 4.74 Å². The third kappa shape index (κ3) is 11.9. The van der Waals surface area contributed by atoms with Gasteiger partial charge in [-0.2, -0.15) is 5.26 Å². The Bertz CT molecular complexity index is 1180. The van der Waals surface area contributed by atoms with Crippen molar-refractivity contribution in [3.63, 3.8) is 0 Å². The molecule has 0 bridgehead atoms. The van der Waals surface area contributed by atoms with Crippen molar-refractivity contribution in [1.29, 1.82) is 5.26 Å². The quantitative estimate of drug-likeness (QED) is 0.189. The Morgan fingerprint density at radius 2 is 1.44 bits per heavy atom. The summed E-state index contributed by atoms with van der Waals surface area (Å²) >= 11 is 0. The number of carbonyl (C=O) groups excluding carboxylic acids is 2. The van der Waals surface area contributed by atoms with Crippen LogP contribution in [0.15, 0.2) is 82.5 Å². The second-order valence-corrected chi connectivity index (χ2v) is 11.1. The molecule has 0 saturated heterocycles. The molecule has 0 spiro atoms. The molecule has 0 amide bonds. The molecule has 39 heavy (non-hydrogen) atoms. The number of hydrogen-bond donors (Lipinski definition) is 0. The molecule has 4 nitrogen and oxygen atoms in total. The Kier molecular flexibility index (Phi) is 13.4. The molecule has 0 saturated carbocycles. The zero-order chi connectivity index (χ0) is 28.8. The van der Waals surface area contributed by atoms with E-state index in [0.717, 1.165) is 38.5 Å². The molecular formula is C35H45NO3. The van der Waals surface area contributed by atoms with Crippen molar-refractivity contribution in [2.45, 2.75) is 99.0 Å². The van der Waals surface area contributed by atoms with Crippen LogP contribution in [0, 0.1) is 17.2 Å². The van der Waals surface area contributed by atoms with Gasteiger partial charge in [0.15, 0.2) is 5.78 Å². The normalized spacial score (nSPS) is 18.3. The van der Waals surface area contributed by atoms with Gasteiger partial charge in [0.2, 0.25) is 0 Å². The summed E-state index contributed by atoms with van der Waals surface area (Å²) in [6, 6.07) is 8.46. The lowest BCUT2D eigenvalue weighted by Crippen LogP contribution is -2.31. The van der Waals surface area contributed by atoms with Crippen LogP contribution >= 0.6 is 0 Å². The Morgan fingerprint density at radius 1 is 0.897 bits per heavy atom. The van der Waals surface area contributed by atoms with Gasteiger partial charge in [-0.05, 0) is 122 Å². The van der Waals surface area contributed by atoms with Gasteiger partial charge in [0.05, 0.1) is 17.2 Å².